The first-order valence-corrected chi connectivity index (χ1v) is 4.61. The van der Waals surface area contributed by atoms with Crippen molar-refractivity contribution >= 4 is 15.9 Å². The Bertz CT molecular complexity index is 255. The molecule has 1 aliphatic rings. The minimum Gasteiger partial charge on any atom is -0.273 e. The third kappa shape index (κ3) is 7.00. The molecule has 0 spiro atoms. The number of halogens is 1. The summed E-state index contributed by atoms with van der Waals surface area (Å²) in [6.07, 6.45) is 10.0. The Balaban J connectivity index is 0.000000215. The summed E-state index contributed by atoms with van der Waals surface area (Å²) >= 11 is 3.31. The summed E-state index contributed by atoms with van der Waals surface area (Å²) in [5.74, 6) is 0. The SMILES string of the molecule is Brc1ccccc1.[C-]1=CC=CC1.[Ti]. The molecule has 1 aromatic rings. The van der Waals surface area contributed by atoms with Gasteiger partial charge in [-0.3, -0.25) is 6.08 Å². The van der Waals surface area contributed by atoms with Gasteiger partial charge in [0.15, 0.2) is 0 Å². The molecule has 0 heterocycles. The Morgan fingerprint density at radius 2 is 1.85 bits per heavy atom. The van der Waals surface area contributed by atoms with E-state index in [4.69, 9.17) is 0 Å². The van der Waals surface area contributed by atoms with Crippen molar-refractivity contribution in [2.45, 2.75) is 6.42 Å². The van der Waals surface area contributed by atoms with E-state index in [1.807, 2.05) is 42.5 Å². The van der Waals surface area contributed by atoms with Crippen LogP contribution in [0.15, 0.2) is 53.0 Å². The molecule has 0 fully saturated rings. The van der Waals surface area contributed by atoms with E-state index in [1.165, 1.54) is 0 Å². The zero-order valence-electron chi connectivity index (χ0n) is 7.20. The van der Waals surface area contributed by atoms with E-state index in [-0.39, 0.29) is 21.7 Å². The number of hydrogen-bond acceptors (Lipinski definition) is 0. The summed E-state index contributed by atoms with van der Waals surface area (Å²) in [4.78, 5) is 0. The average Bonchev–Trinajstić information content (AvgIpc) is 2.62. The summed E-state index contributed by atoms with van der Waals surface area (Å²) in [5.41, 5.74) is 0. The topological polar surface area (TPSA) is 0 Å². The molecule has 0 saturated heterocycles. The van der Waals surface area contributed by atoms with Gasteiger partial charge in [-0.15, -0.1) is 6.42 Å². The quantitative estimate of drug-likeness (QED) is 0.497. The third-order valence-corrected chi connectivity index (χ3v) is 1.85. The van der Waals surface area contributed by atoms with Crippen LogP contribution in [0.5, 0.6) is 0 Å². The largest absolute Gasteiger partial charge is 0.273 e. The smallest absolute Gasteiger partial charge is 0.0175 e. The molecule has 0 N–H and O–H groups in total. The fourth-order valence-electron chi connectivity index (χ4n) is 0.755. The Morgan fingerprint density at radius 3 is 2.08 bits per heavy atom. The zero-order valence-corrected chi connectivity index (χ0v) is 10.4. The summed E-state index contributed by atoms with van der Waals surface area (Å²) in [7, 11) is 0. The van der Waals surface area contributed by atoms with Gasteiger partial charge in [-0.2, -0.15) is 6.08 Å². The maximum atomic E-state index is 3.31. The van der Waals surface area contributed by atoms with Gasteiger partial charge in [-0.1, -0.05) is 34.1 Å². The fourth-order valence-corrected chi connectivity index (χ4v) is 1.06. The van der Waals surface area contributed by atoms with Gasteiger partial charge in [0.05, 0.1) is 0 Å². The number of benzene rings is 1. The summed E-state index contributed by atoms with van der Waals surface area (Å²) < 4.78 is 1.13. The molecule has 0 aliphatic heterocycles. The molecule has 1 aromatic carbocycles. The first-order valence-electron chi connectivity index (χ1n) is 3.82. The molecule has 0 saturated carbocycles. The van der Waals surface area contributed by atoms with Crippen LogP contribution in [-0.4, -0.2) is 0 Å². The molecule has 66 valence electrons. The second kappa shape index (κ2) is 8.49. The van der Waals surface area contributed by atoms with Gasteiger partial charge in [-0.25, -0.2) is 12.2 Å². The molecule has 0 unspecified atom stereocenters. The molecule has 13 heavy (non-hydrogen) atoms. The molecule has 0 bridgehead atoms. The van der Waals surface area contributed by atoms with Crippen LogP contribution in [0, 0.1) is 6.08 Å². The monoisotopic (exact) mass is 269 g/mol. The molecule has 0 nitrogen and oxygen atoms in total. The van der Waals surface area contributed by atoms with E-state index in [0.717, 1.165) is 10.9 Å². The van der Waals surface area contributed by atoms with Crippen molar-refractivity contribution in [2.24, 2.45) is 0 Å². The van der Waals surface area contributed by atoms with Crippen LogP contribution in [0.3, 0.4) is 0 Å². The first kappa shape index (κ1) is 12.9. The van der Waals surface area contributed by atoms with Crippen molar-refractivity contribution in [1.82, 2.24) is 0 Å². The van der Waals surface area contributed by atoms with Gasteiger partial charge in [0.2, 0.25) is 0 Å². The predicted molar refractivity (Wildman–Crippen MR) is 55.7 cm³/mol. The van der Waals surface area contributed by atoms with E-state index >= 15 is 0 Å². The van der Waals surface area contributed by atoms with Crippen LogP contribution >= 0.6 is 15.9 Å². The Morgan fingerprint density at radius 1 is 1.15 bits per heavy atom. The van der Waals surface area contributed by atoms with Crippen LogP contribution in [0.4, 0.5) is 0 Å². The minimum atomic E-state index is 0. The molecule has 0 amide bonds. The van der Waals surface area contributed by atoms with E-state index in [1.54, 1.807) is 0 Å². The van der Waals surface area contributed by atoms with Gasteiger partial charge in [0.1, 0.15) is 0 Å². The van der Waals surface area contributed by atoms with E-state index in [2.05, 4.69) is 28.1 Å². The van der Waals surface area contributed by atoms with E-state index < -0.39 is 0 Å². The van der Waals surface area contributed by atoms with Gasteiger partial charge < -0.3 is 0 Å². The van der Waals surface area contributed by atoms with Crippen LogP contribution in [0.1, 0.15) is 6.42 Å². The predicted octanol–water partition coefficient (Wildman–Crippen LogP) is 3.75. The van der Waals surface area contributed by atoms with Crippen molar-refractivity contribution in [3.63, 3.8) is 0 Å². The number of rotatable bonds is 0. The van der Waals surface area contributed by atoms with Crippen molar-refractivity contribution in [1.29, 1.82) is 0 Å². The van der Waals surface area contributed by atoms with Crippen molar-refractivity contribution in [2.75, 3.05) is 0 Å². The minimum absolute atomic E-state index is 0. The Kier molecular flexibility index (Phi) is 8.42. The van der Waals surface area contributed by atoms with Crippen LogP contribution in [0.25, 0.3) is 0 Å². The molecule has 2 heteroatoms. The van der Waals surface area contributed by atoms with Gasteiger partial charge in [-0.05, 0) is 12.1 Å². The molecule has 0 atom stereocenters. The maximum absolute atomic E-state index is 3.31. The summed E-state index contributed by atoms with van der Waals surface area (Å²) in [6, 6.07) is 9.97. The second-order valence-electron chi connectivity index (χ2n) is 2.30. The van der Waals surface area contributed by atoms with Crippen molar-refractivity contribution < 1.29 is 21.7 Å². The normalized spacial score (nSPS) is 11.5. The van der Waals surface area contributed by atoms with Gasteiger partial charge in [0, 0.05) is 26.2 Å². The van der Waals surface area contributed by atoms with E-state index in [9.17, 15) is 0 Å². The average molecular weight is 270 g/mol. The van der Waals surface area contributed by atoms with Crippen LogP contribution in [0.2, 0.25) is 0 Å². The number of allylic oxidation sites excluding steroid dienone is 4. The van der Waals surface area contributed by atoms with Gasteiger partial charge in [0.25, 0.3) is 0 Å². The third-order valence-electron chi connectivity index (χ3n) is 1.32. The molecular formula is C11H10BrTi-. The zero-order chi connectivity index (χ0) is 8.65. The maximum Gasteiger partial charge on any atom is 0.0175 e. The molecular weight excluding hydrogens is 260 g/mol. The fraction of sp³-hybridized carbons (Fsp3) is 0.0909. The standard InChI is InChI=1S/C6H5Br.C5H5.Ti/c7-6-4-2-1-3-5-6;1-2-4-5-3-1;/h1-5H;1-3H,4H2;/q;-1;. The molecule has 1 aliphatic carbocycles. The summed E-state index contributed by atoms with van der Waals surface area (Å²) in [5, 5.41) is 0. The second-order valence-corrected chi connectivity index (χ2v) is 3.21. The van der Waals surface area contributed by atoms with Crippen molar-refractivity contribution in [3.8, 4) is 0 Å². The first-order chi connectivity index (χ1) is 5.89. The molecule has 0 radical (unpaired) electrons. The van der Waals surface area contributed by atoms with Gasteiger partial charge >= 0.3 is 0 Å². The van der Waals surface area contributed by atoms with Crippen molar-refractivity contribution in [3.05, 3.63) is 59.1 Å². The van der Waals surface area contributed by atoms with Crippen LogP contribution < -0.4 is 0 Å². The molecule has 2 rings (SSSR count). The number of hydrogen-bond donors (Lipinski definition) is 0. The molecule has 0 aromatic heterocycles. The Labute approximate surface area is 103 Å². The summed E-state index contributed by atoms with van der Waals surface area (Å²) in [6.45, 7) is 0. The van der Waals surface area contributed by atoms with E-state index in [0.29, 0.717) is 0 Å². The Hall–Kier alpha value is -0.106. The van der Waals surface area contributed by atoms with Crippen LogP contribution in [-0.2, 0) is 21.7 Å².